The molecule has 2 saturated heterocycles. The smallest absolute Gasteiger partial charge is 0.279 e. The van der Waals surface area contributed by atoms with Gasteiger partial charge in [0.2, 0.25) is 0 Å². The Labute approximate surface area is 162 Å². The highest BCUT2D eigenvalue weighted by Gasteiger charge is 2.28. The minimum Gasteiger partial charge on any atom is -0.327 e. The van der Waals surface area contributed by atoms with E-state index in [9.17, 15) is 9.59 Å². The van der Waals surface area contributed by atoms with Crippen molar-refractivity contribution < 1.29 is 19.4 Å². The molecular weight excluding hydrogens is 340 g/mol. The minimum absolute atomic E-state index is 0.0421. The minimum atomic E-state index is 0.0421. The summed E-state index contributed by atoms with van der Waals surface area (Å²) >= 11 is 0. The molecule has 2 aliphatic heterocycles. The monoisotopic (exact) mass is 374 g/mol. The molecule has 1 aromatic carbocycles. The van der Waals surface area contributed by atoms with E-state index < -0.39 is 0 Å². The third-order valence-electron chi connectivity index (χ3n) is 5.95. The molecular formula is C21H34N4O2+2. The first kappa shape index (κ1) is 19.8. The highest BCUT2D eigenvalue weighted by Crippen LogP contribution is 2.08. The molecule has 6 heteroatoms. The van der Waals surface area contributed by atoms with Crippen molar-refractivity contribution in [3.8, 4) is 0 Å². The summed E-state index contributed by atoms with van der Waals surface area (Å²) in [6.45, 7) is 10.9. The molecule has 148 valence electrons. The van der Waals surface area contributed by atoms with E-state index in [2.05, 4.69) is 12.2 Å². The second-order valence-corrected chi connectivity index (χ2v) is 8.33. The van der Waals surface area contributed by atoms with Crippen LogP contribution in [0.1, 0.15) is 25.3 Å². The van der Waals surface area contributed by atoms with Crippen LogP contribution in [0.25, 0.3) is 0 Å². The largest absolute Gasteiger partial charge is 0.327 e. The molecule has 1 aromatic rings. The number of carbonyl (C=O) groups is 2. The maximum absolute atomic E-state index is 12.6. The molecule has 3 rings (SSSR count). The van der Waals surface area contributed by atoms with Gasteiger partial charge in [0.1, 0.15) is 0 Å². The van der Waals surface area contributed by atoms with E-state index >= 15 is 0 Å². The van der Waals surface area contributed by atoms with E-state index in [-0.39, 0.29) is 11.8 Å². The van der Waals surface area contributed by atoms with Gasteiger partial charge in [0.25, 0.3) is 11.8 Å². The van der Waals surface area contributed by atoms with E-state index in [1.807, 2.05) is 36.1 Å². The summed E-state index contributed by atoms with van der Waals surface area (Å²) < 4.78 is 0. The standard InChI is InChI=1S/C21H32N4O2/c1-17-3-5-19(6-4-17)22-20(26)15-24-11-13-25(14-12-24)21(27)16-23-9-7-18(2)8-10-23/h3-6,18H,7-16H2,1-2H3,(H,22,26)/p+2. The molecule has 0 aliphatic carbocycles. The third kappa shape index (κ3) is 6.04. The van der Waals surface area contributed by atoms with Crippen molar-refractivity contribution in [2.45, 2.75) is 26.7 Å². The van der Waals surface area contributed by atoms with E-state index in [1.54, 1.807) is 0 Å². The SMILES string of the molecule is Cc1ccc(NC(=O)C[NH+]2CCN(C(=O)C[NH+]3CCC(C)CC3)CC2)cc1. The number of amides is 2. The number of aryl methyl sites for hydroxylation is 1. The maximum Gasteiger partial charge on any atom is 0.279 e. The molecule has 0 bridgehead atoms. The second-order valence-electron chi connectivity index (χ2n) is 8.33. The molecule has 3 N–H and O–H groups in total. The van der Waals surface area contributed by atoms with Crippen molar-refractivity contribution in [3.63, 3.8) is 0 Å². The van der Waals surface area contributed by atoms with Gasteiger partial charge in [-0.3, -0.25) is 9.59 Å². The van der Waals surface area contributed by atoms with Crippen LogP contribution in [0, 0.1) is 12.8 Å². The Morgan fingerprint density at radius 1 is 1.00 bits per heavy atom. The van der Waals surface area contributed by atoms with Gasteiger partial charge in [0.05, 0.1) is 39.3 Å². The van der Waals surface area contributed by atoms with Gasteiger partial charge in [-0.25, -0.2) is 0 Å². The fraction of sp³-hybridized carbons (Fsp3) is 0.619. The first-order valence-electron chi connectivity index (χ1n) is 10.3. The van der Waals surface area contributed by atoms with Crippen molar-refractivity contribution in [2.75, 3.05) is 57.7 Å². The second kappa shape index (κ2) is 9.33. The van der Waals surface area contributed by atoms with Crippen molar-refractivity contribution in [1.82, 2.24) is 4.90 Å². The van der Waals surface area contributed by atoms with Crippen LogP contribution in [0.5, 0.6) is 0 Å². The summed E-state index contributed by atoms with van der Waals surface area (Å²) in [5.41, 5.74) is 2.03. The molecule has 2 aliphatic rings. The van der Waals surface area contributed by atoms with Crippen molar-refractivity contribution >= 4 is 17.5 Å². The molecule has 0 unspecified atom stereocenters. The van der Waals surface area contributed by atoms with Crippen molar-refractivity contribution in [3.05, 3.63) is 29.8 Å². The van der Waals surface area contributed by atoms with Crippen LogP contribution in [-0.4, -0.2) is 69.1 Å². The summed E-state index contributed by atoms with van der Waals surface area (Å²) in [6, 6.07) is 7.86. The number of carbonyl (C=O) groups excluding carboxylic acids is 2. The predicted molar refractivity (Wildman–Crippen MR) is 106 cm³/mol. The van der Waals surface area contributed by atoms with Crippen LogP contribution in [0.15, 0.2) is 24.3 Å². The number of benzene rings is 1. The number of piperazine rings is 1. The lowest BCUT2D eigenvalue weighted by atomic mass is 9.99. The van der Waals surface area contributed by atoms with Gasteiger partial charge in [0, 0.05) is 5.69 Å². The summed E-state index contributed by atoms with van der Waals surface area (Å²) in [6.07, 6.45) is 2.47. The van der Waals surface area contributed by atoms with Gasteiger partial charge in [-0.05, 0) is 37.8 Å². The van der Waals surface area contributed by atoms with E-state index in [0.29, 0.717) is 13.1 Å². The summed E-state index contributed by atoms with van der Waals surface area (Å²) in [5.74, 6) is 1.13. The van der Waals surface area contributed by atoms with Crippen LogP contribution < -0.4 is 15.1 Å². The summed E-state index contributed by atoms with van der Waals surface area (Å²) in [5, 5.41) is 2.96. The topological polar surface area (TPSA) is 58.3 Å². The predicted octanol–water partition coefficient (Wildman–Crippen LogP) is -1.02. The van der Waals surface area contributed by atoms with Gasteiger partial charge in [-0.2, -0.15) is 0 Å². The fourth-order valence-electron chi connectivity index (χ4n) is 3.99. The molecule has 0 atom stereocenters. The maximum atomic E-state index is 12.6. The van der Waals surface area contributed by atoms with Crippen LogP contribution in [-0.2, 0) is 9.59 Å². The van der Waals surface area contributed by atoms with Crippen LogP contribution in [0.4, 0.5) is 5.69 Å². The molecule has 2 heterocycles. The Kier molecular flexibility index (Phi) is 6.85. The molecule has 6 nitrogen and oxygen atoms in total. The molecule has 0 aromatic heterocycles. The number of nitrogens with zero attached hydrogens (tertiary/aromatic N) is 1. The fourth-order valence-corrected chi connectivity index (χ4v) is 3.99. The number of hydrogen-bond donors (Lipinski definition) is 3. The normalized spacial score (nSPS) is 23.9. The zero-order valence-electron chi connectivity index (χ0n) is 16.7. The lowest BCUT2D eigenvalue weighted by molar-refractivity contribution is -0.900. The number of rotatable bonds is 5. The van der Waals surface area contributed by atoms with E-state index in [4.69, 9.17) is 0 Å². The molecule has 2 amide bonds. The highest BCUT2D eigenvalue weighted by molar-refractivity contribution is 5.91. The van der Waals surface area contributed by atoms with Crippen LogP contribution in [0.2, 0.25) is 0 Å². The number of piperidine rings is 1. The van der Waals surface area contributed by atoms with Gasteiger partial charge in [0.15, 0.2) is 13.1 Å². The molecule has 0 saturated carbocycles. The molecule has 27 heavy (non-hydrogen) atoms. The number of hydrogen-bond acceptors (Lipinski definition) is 2. The lowest BCUT2D eigenvalue weighted by Crippen LogP contribution is -3.16. The van der Waals surface area contributed by atoms with E-state index in [1.165, 1.54) is 28.2 Å². The highest BCUT2D eigenvalue weighted by atomic mass is 16.2. The Morgan fingerprint density at radius 3 is 2.22 bits per heavy atom. The Balaban J connectivity index is 1.37. The summed E-state index contributed by atoms with van der Waals surface area (Å²) in [4.78, 5) is 29.5. The summed E-state index contributed by atoms with van der Waals surface area (Å²) in [7, 11) is 0. The molecule has 0 spiro atoms. The van der Waals surface area contributed by atoms with E-state index in [0.717, 1.165) is 50.9 Å². The van der Waals surface area contributed by atoms with Crippen molar-refractivity contribution in [2.24, 2.45) is 5.92 Å². The number of likely N-dealkylation sites (tertiary alicyclic amines) is 1. The third-order valence-corrected chi connectivity index (χ3v) is 5.95. The molecule has 0 radical (unpaired) electrons. The van der Waals surface area contributed by atoms with Gasteiger partial charge < -0.3 is 20.0 Å². The average molecular weight is 375 g/mol. The first-order chi connectivity index (χ1) is 13.0. The van der Waals surface area contributed by atoms with Crippen LogP contribution >= 0.6 is 0 Å². The van der Waals surface area contributed by atoms with Gasteiger partial charge >= 0.3 is 0 Å². The Morgan fingerprint density at radius 2 is 1.59 bits per heavy atom. The Bertz CT molecular complexity index is 630. The lowest BCUT2D eigenvalue weighted by Gasteiger charge is -2.33. The number of quaternary nitrogens is 2. The quantitative estimate of drug-likeness (QED) is 0.618. The number of anilines is 1. The first-order valence-corrected chi connectivity index (χ1v) is 10.3. The number of nitrogens with one attached hydrogen (secondary N) is 3. The molecule has 2 fully saturated rings. The Hall–Kier alpha value is -1.92. The average Bonchev–Trinajstić information content (AvgIpc) is 2.66. The zero-order chi connectivity index (χ0) is 19.2. The van der Waals surface area contributed by atoms with Crippen molar-refractivity contribution in [1.29, 1.82) is 0 Å². The van der Waals surface area contributed by atoms with Gasteiger partial charge in [-0.15, -0.1) is 0 Å². The van der Waals surface area contributed by atoms with Crippen LogP contribution in [0.3, 0.4) is 0 Å². The van der Waals surface area contributed by atoms with Gasteiger partial charge in [-0.1, -0.05) is 24.6 Å². The zero-order valence-corrected chi connectivity index (χ0v) is 16.7.